The summed E-state index contributed by atoms with van der Waals surface area (Å²) in [5.74, 6) is -0.370. The Morgan fingerprint density at radius 3 is 2.67 bits per heavy atom. The molecule has 1 aliphatic heterocycles. The van der Waals surface area contributed by atoms with Crippen LogP contribution in [0.25, 0.3) is 0 Å². The molecule has 1 aromatic rings. The van der Waals surface area contributed by atoms with Gasteiger partial charge in [0.25, 0.3) is 5.91 Å². The lowest BCUT2D eigenvalue weighted by Crippen LogP contribution is -2.42. The Labute approximate surface area is 123 Å². The molecule has 2 rings (SSSR count). The monoisotopic (exact) mass is 289 g/mol. The zero-order valence-electron chi connectivity index (χ0n) is 12.0. The van der Waals surface area contributed by atoms with Crippen molar-refractivity contribution in [3.05, 3.63) is 35.9 Å². The van der Waals surface area contributed by atoms with Crippen LogP contribution in [0, 0.1) is 0 Å². The molecule has 1 aliphatic rings. The molecule has 1 saturated heterocycles. The molecule has 1 aromatic carbocycles. The average molecular weight is 289 g/mol. The van der Waals surface area contributed by atoms with E-state index >= 15 is 0 Å². The molecule has 0 radical (unpaired) electrons. The van der Waals surface area contributed by atoms with E-state index in [0.717, 1.165) is 0 Å². The zero-order valence-corrected chi connectivity index (χ0v) is 12.0. The Kier molecular flexibility index (Phi) is 4.92. The fourth-order valence-electron chi connectivity index (χ4n) is 2.19. The Balaban J connectivity index is 1.92. The van der Waals surface area contributed by atoms with Crippen LogP contribution >= 0.6 is 0 Å². The summed E-state index contributed by atoms with van der Waals surface area (Å²) in [5, 5.41) is 2.72. The van der Waals surface area contributed by atoms with Gasteiger partial charge in [0.1, 0.15) is 0 Å². The third kappa shape index (κ3) is 4.05. The van der Waals surface area contributed by atoms with Gasteiger partial charge in [-0.2, -0.15) is 0 Å². The van der Waals surface area contributed by atoms with Gasteiger partial charge in [-0.15, -0.1) is 0 Å². The van der Waals surface area contributed by atoms with E-state index in [0.29, 0.717) is 31.6 Å². The van der Waals surface area contributed by atoms with Gasteiger partial charge in [-0.1, -0.05) is 18.2 Å². The van der Waals surface area contributed by atoms with Crippen molar-refractivity contribution < 1.29 is 14.4 Å². The number of likely N-dealkylation sites (N-methyl/N-ethyl adjacent to an activating group) is 1. The zero-order chi connectivity index (χ0) is 15.2. The first-order valence-electron chi connectivity index (χ1n) is 6.93. The van der Waals surface area contributed by atoms with Gasteiger partial charge < -0.3 is 15.1 Å². The first kappa shape index (κ1) is 15.0. The molecule has 112 valence electrons. The van der Waals surface area contributed by atoms with Crippen LogP contribution in [0.5, 0.6) is 0 Å². The maximum absolute atomic E-state index is 12.2. The summed E-state index contributed by atoms with van der Waals surface area (Å²) < 4.78 is 0. The van der Waals surface area contributed by atoms with Gasteiger partial charge in [-0.3, -0.25) is 14.4 Å². The fourth-order valence-corrected chi connectivity index (χ4v) is 2.19. The Morgan fingerprint density at radius 2 is 1.95 bits per heavy atom. The van der Waals surface area contributed by atoms with Gasteiger partial charge in [-0.25, -0.2) is 0 Å². The molecule has 1 fully saturated rings. The van der Waals surface area contributed by atoms with Gasteiger partial charge in [0.05, 0.1) is 6.54 Å². The standard InChI is InChI=1S/C15H19N3O3/c1-17(15(21)12-5-3-2-4-6-12)11-14(20)18-9-7-13(19)16-8-10-18/h2-6H,7-11H2,1H3,(H,16,19). The molecule has 21 heavy (non-hydrogen) atoms. The molecule has 0 aromatic heterocycles. The highest BCUT2D eigenvalue weighted by molar-refractivity contribution is 5.96. The van der Waals surface area contributed by atoms with Gasteiger partial charge in [0.15, 0.2) is 0 Å². The summed E-state index contributed by atoms with van der Waals surface area (Å²) in [7, 11) is 1.61. The van der Waals surface area contributed by atoms with Crippen LogP contribution < -0.4 is 5.32 Å². The predicted molar refractivity (Wildman–Crippen MR) is 77.6 cm³/mol. The summed E-state index contributed by atoms with van der Waals surface area (Å²) in [6.45, 7) is 1.36. The molecular weight excluding hydrogens is 270 g/mol. The maximum Gasteiger partial charge on any atom is 0.254 e. The molecule has 0 saturated carbocycles. The lowest BCUT2D eigenvalue weighted by Gasteiger charge is -2.23. The minimum absolute atomic E-state index is 0.0158. The molecule has 0 unspecified atom stereocenters. The SMILES string of the molecule is CN(CC(=O)N1CCNC(=O)CC1)C(=O)c1ccccc1. The summed E-state index contributed by atoms with van der Waals surface area (Å²) in [4.78, 5) is 38.6. The summed E-state index contributed by atoms with van der Waals surface area (Å²) in [6, 6.07) is 8.85. The number of hydrogen-bond acceptors (Lipinski definition) is 3. The van der Waals surface area contributed by atoms with Crippen molar-refractivity contribution in [3.63, 3.8) is 0 Å². The van der Waals surface area contributed by atoms with Gasteiger partial charge in [0, 0.05) is 38.7 Å². The largest absolute Gasteiger partial charge is 0.354 e. The van der Waals surface area contributed by atoms with Gasteiger partial charge in [-0.05, 0) is 12.1 Å². The summed E-state index contributed by atoms with van der Waals surface area (Å²) in [6.07, 6.45) is 0.308. The quantitative estimate of drug-likeness (QED) is 0.858. The van der Waals surface area contributed by atoms with Crippen molar-refractivity contribution in [2.75, 3.05) is 33.2 Å². The van der Waals surface area contributed by atoms with E-state index in [-0.39, 0.29) is 24.3 Å². The second kappa shape index (κ2) is 6.88. The normalized spacial score (nSPS) is 15.1. The van der Waals surface area contributed by atoms with E-state index in [9.17, 15) is 14.4 Å². The Bertz CT molecular complexity index is 530. The Hall–Kier alpha value is -2.37. The van der Waals surface area contributed by atoms with E-state index in [4.69, 9.17) is 0 Å². The van der Waals surface area contributed by atoms with Crippen molar-refractivity contribution in [1.29, 1.82) is 0 Å². The Morgan fingerprint density at radius 1 is 1.24 bits per heavy atom. The maximum atomic E-state index is 12.2. The molecule has 0 aliphatic carbocycles. The van der Waals surface area contributed by atoms with Crippen LogP contribution in [-0.2, 0) is 9.59 Å². The topological polar surface area (TPSA) is 69.7 Å². The minimum Gasteiger partial charge on any atom is -0.354 e. The first-order valence-corrected chi connectivity index (χ1v) is 6.93. The van der Waals surface area contributed by atoms with Crippen molar-refractivity contribution in [2.45, 2.75) is 6.42 Å². The number of carbonyl (C=O) groups is 3. The van der Waals surface area contributed by atoms with Crippen LogP contribution in [0.2, 0.25) is 0 Å². The van der Waals surface area contributed by atoms with E-state index in [1.54, 1.807) is 36.2 Å². The first-order chi connectivity index (χ1) is 10.1. The molecule has 1 heterocycles. The highest BCUT2D eigenvalue weighted by Crippen LogP contribution is 2.04. The fraction of sp³-hybridized carbons (Fsp3) is 0.400. The van der Waals surface area contributed by atoms with Crippen LogP contribution in [0.1, 0.15) is 16.8 Å². The number of amides is 3. The van der Waals surface area contributed by atoms with E-state index < -0.39 is 0 Å². The van der Waals surface area contributed by atoms with Crippen molar-refractivity contribution in [2.24, 2.45) is 0 Å². The van der Waals surface area contributed by atoms with E-state index in [1.165, 1.54) is 4.90 Å². The number of hydrogen-bond donors (Lipinski definition) is 1. The molecule has 0 spiro atoms. The second-order valence-electron chi connectivity index (χ2n) is 5.01. The molecule has 6 nitrogen and oxygen atoms in total. The van der Waals surface area contributed by atoms with Crippen molar-refractivity contribution >= 4 is 17.7 Å². The second-order valence-corrected chi connectivity index (χ2v) is 5.01. The summed E-state index contributed by atoms with van der Waals surface area (Å²) >= 11 is 0. The number of nitrogens with one attached hydrogen (secondary N) is 1. The lowest BCUT2D eigenvalue weighted by atomic mass is 10.2. The third-order valence-corrected chi connectivity index (χ3v) is 3.41. The molecule has 0 bridgehead atoms. The molecule has 6 heteroatoms. The highest BCUT2D eigenvalue weighted by atomic mass is 16.2. The number of benzene rings is 1. The summed E-state index contributed by atoms with van der Waals surface area (Å²) in [5.41, 5.74) is 0.556. The average Bonchev–Trinajstić information content (AvgIpc) is 2.72. The molecule has 0 atom stereocenters. The van der Waals surface area contributed by atoms with Crippen molar-refractivity contribution in [3.8, 4) is 0 Å². The lowest BCUT2D eigenvalue weighted by molar-refractivity contribution is -0.131. The van der Waals surface area contributed by atoms with Crippen LogP contribution in [0.4, 0.5) is 0 Å². The minimum atomic E-state index is -0.187. The van der Waals surface area contributed by atoms with Gasteiger partial charge in [0.2, 0.25) is 11.8 Å². The smallest absolute Gasteiger partial charge is 0.254 e. The van der Waals surface area contributed by atoms with E-state index in [1.807, 2.05) is 6.07 Å². The third-order valence-electron chi connectivity index (χ3n) is 3.41. The predicted octanol–water partition coefficient (Wildman–Crippen LogP) is 0.107. The molecular formula is C15H19N3O3. The number of nitrogens with zero attached hydrogens (tertiary/aromatic N) is 2. The van der Waals surface area contributed by atoms with Crippen LogP contribution in [-0.4, -0.2) is 60.7 Å². The van der Waals surface area contributed by atoms with Crippen molar-refractivity contribution in [1.82, 2.24) is 15.1 Å². The van der Waals surface area contributed by atoms with Crippen LogP contribution in [0.3, 0.4) is 0 Å². The van der Waals surface area contributed by atoms with Crippen LogP contribution in [0.15, 0.2) is 30.3 Å². The number of rotatable bonds is 3. The van der Waals surface area contributed by atoms with Gasteiger partial charge >= 0.3 is 0 Å². The van der Waals surface area contributed by atoms with E-state index in [2.05, 4.69) is 5.32 Å². The molecule has 1 N–H and O–H groups in total. The number of carbonyl (C=O) groups excluding carboxylic acids is 3. The highest BCUT2D eigenvalue weighted by Gasteiger charge is 2.21. The molecule has 3 amide bonds.